The summed E-state index contributed by atoms with van der Waals surface area (Å²) in [6.07, 6.45) is 4.48. The van der Waals surface area contributed by atoms with E-state index in [1.54, 1.807) is 18.6 Å². The van der Waals surface area contributed by atoms with Crippen LogP contribution in [0.1, 0.15) is 32.6 Å². The molecule has 1 aliphatic heterocycles. The number of nitrogens with zero attached hydrogens (tertiary/aromatic N) is 2. The van der Waals surface area contributed by atoms with Crippen LogP contribution in [0.5, 0.6) is 0 Å². The number of ether oxygens (including phenoxy) is 1. The standard InChI is InChI=1S/C12H18N2O2/c1-7-8(2)16-9(3)11(7)12(15)10-6-13-4-5-14-10/h4-9,11-12,15H,1-3H3. The number of aliphatic hydroxyl groups is 1. The van der Waals surface area contributed by atoms with Gasteiger partial charge < -0.3 is 9.84 Å². The molecule has 1 N–H and O–H groups in total. The molecule has 1 aromatic heterocycles. The molecular formula is C12H18N2O2. The Bertz CT molecular complexity index is 344. The highest BCUT2D eigenvalue weighted by Crippen LogP contribution is 2.39. The van der Waals surface area contributed by atoms with Gasteiger partial charge in [-0.25, -0.2) is 0 Å². The summed E-state index contributed by atoms with van der Waals surface area (Å²) < 4.78 is 5.72. The van der Waals surface area contributed by atoms with Gasteiger partial charge in [0.1, 0.15) is 6.10 Å². The van der Waals surface area contributed by atoms with E-state index < -0.39 is 6.10 Å². The molecule has 88 valence electrons. The molecule has 1 saturated heterocycles. The Hall–Kier alpha value is -1.00. The number of rotatable bonds is 2. The first-order valence-corrected chi connectivity index (χ1v) is 5.70. The first-order valence-electron chi connectivity index (χ1n) is 5.70. The Labute approximate surface area is 95.7 Å². The lowest BCUT2D eigenvalue weighted by Gasteiger charge is -2.23. The van der Waals surface area contributed by atoms with Crippen molar-refractivity contribution < 1.29 is 9.84 Å². The largest absolute Gasteiger partial charge is 0.386 e. The fourth-order valence-corrected chi connectivity index (χ4v) is 2.50. The SMILES string of the molecule is CC1OC(C)C(C(O)c2cnccn2)C1C. The van der Waals surface area contributed by atoms with Gasteiger partial charge in [0.15, 0.2) is 0 Å². The molecule has 0 radical (unpaired) electrons. The lowest BCUT2D eigenvalue weighted by atomic mass is 9.84. The second kappa shape index (κ2) is 4.47. The summed E-state index contributed by atoms with van der Waals surface area (Å²) in [5.41, 5.74) is 0.629. The van der Waals surface area contributed by atoms with E-state index in [2.05, 4.69) is 16.9 Å². The van der Waals surface area contributed by atoms with Crippen LogP contribution in [0.25, 0.3) is 0 Å². The van der Waals surface area contributed by atoms with Gasteiger partial charge in [-0.1, -0.05) is 6.92 Å². The third-order valence-electron chi connectivity index (χ3n) is 3.57. The maximum absolute atomic E-state index is 10.3. The summed E-state index contributed by atoms with van der Waals surface area (Å²) in [7, 11) is 0. The summed E-state index contributed by atoms with van der Waals surface area (Å²) in [6.45, 7) is 6.16. The second-order valence-electron chi connectivity index (χ2n) is 4.56. The zero-order valence-corrected chi connectivity index (χ0v) is 9.87. The van der Waals surface area contributed by atoms with Gasteiger partial charge in [-0.05, 0) is 19.8 Å². The Morgan fingerprint density at radius 2 is 2.00 bits per heavy atom. The first kappa shape index (κ1) is 11.5. The van der Waals surface area contributed by atoms with Crippen LogP contribution in [0.4, 0.5) is 0 Å². The van der Waals surface area contributed by atoms with E-state index in [1.165, 1.54) is 0 Å². The molecule has 5 unspecified atom stereocenters. The van der Waals surface area contributed by atoms with E-state index in [0.29, 0.717) is 11.6 Å². The molecule has 0 amide bonds. The molecular weight excluding hydrogens is 204 g/mol. The van der Waals surface area contributed by atoms with Crippen molar-refractivity contribution >= 4 is 0 Å². The lowest BCUT2D eigenvalue weighted by Crippen LogP contribution is -2.25. The fourth-order valence-electron chi connectivity index (χ4n) is 2.50. The summed E-state index contributed by atoms with van der Waals surface area (Å²) in [5.74, 6) is 0.415. The lowest BCUT2D eigenvalue weighted by molar-refractivity contribution is 0.0216. The minimum Gasteiger partial charge on any atom is -0.386 e. The minimum absolute atomic E-state index is 0.0574. The smallest absolute Gasteiger partial charge is 0.103 e. The van der Waals surface area contributed by atoms with E-state index in [0.717, 1.165) is 0 Å². The van der Waals surface area contributed by atoms with Crippen LogP contribution in [0, 0.1) is 11.8 Å². The quantitative estimate of drug-likeness (QED) is 0.825. The highest BCUT2D eigenvalue weighted by molar-refractivity contribution is 5.04. The van der Waals surface area contributed by atoms with Gasteiger partial charge in [0.2, 0.25) is 0 Å². The predicted molar refractivity (Wildman–Crippen MR) is 59.7 cm³/mol. The van der Waals surface area contributed by atoms with Gasteiger partial charge in [0.05, 0.1) is 24.1 Å². The van der Waals surface area contributed by atoms with E-state index >= 15 is 0 Å². The summed E-state index contributed by atoms with van der Waals surface area (Å²) in [6, 6.07) is 0. The van der Waals surface area contributed by atoms with Crippen molar-refractivity contribution in [2.75, 3.05) is 0 Å². The van der Waals surface area contributed by atoms with Crippen LogP contribution in [0.2, 0.25) is 0 Å². The molecule has 4 heteroatoms. The number of hydrogen-bond acceptors (Lipinski definition) is 4. The van der Waals surface area contributed by atoms with E-state index in [-0.39, 0.29) is 18.1 Å². The van der Waals surface area contributed by atoms with Crippen LogP contribution in [-0.2, 0) is 4.74 Å². The first-order chi connectivity index (χ1) is 7.61. The molecule has 0 bridgehead atoms. The Morgan fingerprint density at radius 3 is 2.50 bits per heavy atom. The molecule has 5 atom stereocenters. The van der Waals surface area contributed by atoms with E-state index in [1.807, 2.05) is 13.8 Å². The summed E-state index contributed by atoms with van der Waals surface area (Å²) >= 11 is 0. The van der Waals surface area contributed by atoms with Gasteiger partial charge in [-0.2, -0.15) is 0 Å². The van der Waals surface area contributed by atoms with Crippen LogP contribution in [0.15, 0.2) is 18.6 Å². The molecule has 2 heterocycles. The van der Waals surface area contributed by atoms with Crippen LogP contribution < -0.4 is 0 Å². The highest BCUT2D eigenvalue weighted by atomic mass is 16.5. The van der Waals surface area contributed by atoms with Crippen LogP contribution >= 0.6 is 0 Å². The average molecular weight is 222 g/mol. The molecule has 1 aromatic rings. The van der Waals surface area contributed by atoms with Crippen LogP contribution in [-0.4, -0.2) is 27.3 Å². The number of aliphatic hydroxyl groups excluding tert-OH is 1. The van der Waals surface area contributed by atoms with Crippen molar-refractivity contribution in [2.45, 2.75) is 39.1 Å². The molecule has 0 saturated carbocycles. The fraction of sp³-hybridized carbons (Fsp3) is 0.667. The molecule has 2 rings (SSSR count). The third kappa shape index (κ3) is 1.95. The average Bonchev–Trinajstić information content (AvgIpc) is 2.54. The monoisotopic (exact) mass is 222 g/mol. The molecule has 0 aliphatic carbocycles. The zero-order chi connectivity index (χ0) is 11.7. The van der Waals surface area contributed by atoms with Gasteiger partial charge in [0.25, 0.3) is 0 Å². The van der Waals surface area contributed by atoms with Gasteiger partial charge in [0, 0.05) is 18.3 Å². The molecule has 1 fully saturated rings. The zero-order valence-electron chi connectivity index (χ0n) is 9.87. The maximum Gasteiger partial charge on any atom is 0.103 e. The normalized spacial score (nSPS) is 36.2. The minimum atomic E-state index is -0.594. The second-order valence-corrected chi connectivity index (χ2v) is 4.56. The van der Waals surface area contributed by atoms with E-state index in [4.69, 9.17) is 4.74 Å². The number of aromatic nitrogens is 2. The van der Waals surface area contributed by atoms with Gasteiger partial charge in [-0.3, -0.25) is 9.97 Å². The molecule has 0 aromatic carbocycles. The predicted octanol–water partition coefficient (Wildman–Crippen LogP) is 1.57. The highest BCUT2D eigenvalue weighted by Gasteiger charge is 2.42. The Morgan fingerprint density at radius 1 is 1.25 bits per heavy atom. The van der Waals surface area contributed by atoms with Crippen molar-refractivity contribution in [1.29, 1.82) is 0 Å². The van der Waals surface area contributed by atoms with Crippen molar-refractivity contribution in [3.8, 4) is 0 Å². The molecule has 16 heavy (non-hydrogen) atoms. The molecule has 4 nitrogen and oxygen atoms in total. The summed E-state index contributed by atoms with van der Waals surface area (Å²) in [4.78, 5) is 8.13. The van der Waals surface area contributed by atoms with Gasteiger partial charge >= 0.3 is 0 Å². The topological polar surface area (TPSA) is 55.2 Å². The summed E-state index contributed by atoms with van der Waals surface area (Å²) in [5, 5.41) is 10.3. The molecule has 1 aliphatic rings. The maximum atomic E-state index is 10.3. The molecule has 0 spiro atoms. The van der Waals surface area contributed by atoms with Gasteiger partial charge in [-0.15, -0.1) is 0 Å². The third-order valence-corrected chi connectivity index (χ3v) is 3.57. The Balaban J connectivity index is 2.19. The van der Waals surface area contributed by atoms with Crippen molar-refractivity contribution in [3.63, 3.8) is 0 Å². The van der Waals surface area contributed by atoms with Crippen LogP contribution in [0.3, 0.4) is 0 Å². The van der Waals surface area contributed by atoms with Crippen molar-refractivity contribution in [2.24, 2.45) is 11.8 Å². The van der Waals surface area contributed by atoms with E-state index in [9.17, 15) is 5.11 Å². The Kier molecular flexibility index (Phi) is 3.21. The van der Waals surface area contributed by atoms with Crippen molar-refractivity contribution in [3.05, 3.63) is 24.3 Å². The van der Waals surface area contributed by atoms with Crippen molar-refractivity contribution in [1.82, 2.24) is 9.97 Å². The number of hydrogen-bond donors (Lipinski definition) is 1.